The van der Waals surface area contributed by atoms with E-state index in [4.69, 9.17) is 4.42 Å². The van der Waals surface area contributed by atoms with Gasteiger partial charge in [0.15, 0.2) is 11.5 Å². The normalized spacial score (nSPS) is 11.4. The second-order valence-corrected chi connectivity index (χ2v) is 6.69. The molecule has 7 nitrogen and oxygen atoms in total. The molecular weight excluding hydrogens is 332 g/mol. The summed E-state index contributed by atoms with van der Waals surface area (Å²) in [6, 6.07) is 10.6. The molecule has 2 aromatic carbocycles. The number of anilines is 1. The second kappa shape index (κ2) is 5.97. The Morgan fingerprint density at radius 2 is 1.96 bits per heavy atom. The van der Waals surface area contributed by atoms with Crippen molar-refractivity contribution >= 4 is 32.8 Å². The molecule has 0 fully saturated rings. The number of carbonyl (C=O) groups is 1. The highest BCUT2D eigenvalue weighted by atomic mass is 32.2. The maximum Gasteiger partial charge on any atom is 0.339 e. The van der Waals surface area contributed by atoms with Gasteiger partial charge >= 0.3 is 5.97 Å². The maximum absolute atomic E-state index is 12.6. The third kappa shape index (κ3) is 2.95. The van der Waals surface area contributed by atoms with Crippen molar-refractivity contribution in [1.29, 1.82) is 0 Å². The Bertz CT molecular complexity index is 1020. The van der Waals surface area contributed by atoms with Crippen LogP contribution in [-0.2, 0) is 14.8 Å². The number of hydrogen-bond donors (Lipinski definition) is 1. The number of sulfonamides is 1. The maximum atomic E-state index is 12.6. The third-order valence-corrected chi connectivity index (χ3v) is 4.72. The molecule has 8 heteroatoms. The first-order chi connectivity index (χ1) is 11.4. The molecule has 0 amide bonds. The van der Waals surface area contributed by atoms with Gasteiger partial charge in [0, 0.05) is 6.92 Å². The first kappa shape index (κ1) is 16.0. The Kier molecular flexibility index (Phi) is 3.98. The summed E-state index contributed by atoms with van der Waals surface area (Å²) in [6.45, 7) is 1.68. The van der Waals surface area contributed by atoms with Crippen molar-refractivity contribution in [3.05, 3.63) is 53.9 Å². The van der Waals surface area contributed by atoms with E-state index < -0.39 is 16.0 Å². The highest BCUT2D eigenvalue weighted by Gasteiger charge is 2.20. The van der Waals surface area contributed by atoms with Gasteiger partial charge in [-0.05, 0) is 30.3 Å². The van der Waals surface area contributed by atoms with Crippen molar-refractivity contribution in [3.63, 3.8) is 0 Å². The van der Waals surface area contributed by atoms with Crippen LogP contribution in [0.1, 0.15) is 16.2 Å². The molecule has 0 unspecified atom stereocenters. The molecule has 0 aliphatic heterocycles. The van der Waals surface area contributed by atoms with Crippen LogP contribution in [0.4, 0.5) is 5.69 Å². The van der Waals surface area contributed by atoms with Gasteiger partial charge in [-0.15, -0.1) is 0 Å². The van der Waals surface area contributed by atoms with E-state index >= 15 is 0 Å². The van der Waals surface area contributed by atoms with Crippen LogP contribution in [0, 0.1) is 6.92 Å². The molecule has 0 saturated heterocycles. The molecule has 24 heavy (non-hydrogen) atoms. The van der Waals surface area contributed by atoms with Crippen LogP contribution in [0.3, 0.4) is 0 Å². The molecule has 3 rings (SSSR count). The number of carbonyl (C=O) groups excluding carboxylic acids is 1. The SMILES string of the molecule is COC(=O)c1ccccc1NS(=O)(=O)c1ccc2oc(C)nc2c1. The predicted octanol–water partition coefficient (Wildman–Crippen LogP) is 2.72. The summed E-state index contributed by atoms with van der Waals surface area (Å²) in [4.78, 5) is 15.9. The Morgan fingerprint density at radius 3 is 2.71 bits per heavy atom. The van der Waals surface area contributed by atoms with Gasteiger partial charge in [0.05, 0.1) is 23.3 Å². The molecule has 0 spiro atoms. The topological polar surface area (TPSA) is 98.5 Å². The summed E-state index contributed by atoms with van der Waals surface area (Å²) < 4.78 is 37.6. The highest BCUT2D eigenvalue weighted by molar-refractivity contribution is 7.92. The number of aryl methyl sites for hydroxylation is 1. The van der Waals surface area contributed by atoms with Crippen LogP contribution >= 0.6 is 0 Å². The summed E-state index contributed by atoms with van der Waals surface area (Å²) in [5.74, 6) is -0.181. The van der Waals surface area contributed by atoms with Crippen molar-refractivity contribution < 1.29 is 22.4 Å². The summed E-state index contributed by atoms with van der Waals surface area (Å²) in [6.07, 6.45) is 0. The van der Waals surface area contributed by atoms with E-state index in [2.05, 4.69) is 14.4 Å². The molecule has 0 saturated carbocycles. The minimum absolute atomic E-state index is 0.0166. The summed E-state index contributed by atoms with van der Waals surface area (Å²) in [7, 11) is -2.67. The van der Waals surface area contributed by atoms with Gasteiger partial charge in [-0.1, -0.05) is 12.1 Å². The smallest absolute Gasteiger partial charge is 0.339 e. The van der Waals surface area contributed by atoms with Crippen molar-refractivity contribution in [2.24, 2.45) is 0 Å². The van der Waals surface area contributed by atoms with E-state index in [1.807, 2.05) is 0 Å². The zero-order valence-electron chi connectivity index (χ0n) is 12.9. The number of oxazole rings is 1. The number of rotatable bonds is 4. The number of nitrogens with one attached hydrogen (secondary N) is 1. The molecule has 1 aromatic heterocycles. The minimum Gasteiger partial charge on any atom is -0.465 e. The molecule has 0 aliphatic carbocycles. The fourth-order valence-electron chi connectivity index (χ4n) is 2.25. The zero-order chi connectivity index (χ0) is 17.3. The first-order valence-corrected chi connectivity index (χ1v) is 8.46. The van der Waals surface area contributed by atoms with Gasteiger partial charge in [-0.2, -0.15) is 0 Å². The monoisotopic (exact) mass is 346 g/mol. The van der Waals surface area contributed by atoms with E-state index in [9.17, 15) is 13.2 Å². The fraction of sp³-hybridized carbons (Fsp3) is 0.125. The fourth-order valence-corrected chi connectivity index (χ4v) is 3.35. The van der Waals surface area contributed by atoms with E-state index in [-0.39, 0.29) is 16.1 Å². The van der Waals surface area contributed by atoms with Gasteiger partial charge < -0.3 is 9.15 Å². The number of benzene rings is 2. The van der Waals surface area contributed by atoms with E-state index in [0.29, 0.717) is 17.0 Å². The van der Waals surface area contributed by atoms with E-state index in [1.165, 1.54) is 37.4 Å². The van der Waals surface area contributed by atoms with Crippen LogP contribution in [0.15, 0.2) is 51.8 Å². The average Bonchev–Trinajstić information content (AvgIpc) is 2.93. The lowest BCUT2D eigenvalue weighted by molar-refractivity contribution is 0.0602. The molecule has 0 radical (unpaired) electrons. The van der Waals surface area contributed by atoms with Crippen LogP contribution in [0.5, 0.6) is 0 Å². The first-order valence-electron chi connectivity index (χ1n) is 6.98. The lowest BCUT2D eigenvalue weighted by atomic mass is 10.2. The quantitative estimate of drug-likeness (QED) is 0.729. The number of hydrogen-bond acceptors (Lipinski definition) is 6. The molecule has 0 atom stereocenters. The number of methoxy groups -OCH3 is 1. The number of para-hydroxylation sites is 1. The minimum atomic E-state index is -3.90. The van der Waals surface area contributed by atoms with E-state index in [0.717, 1.165) is 0 Å². The molecule has 1 N–H and O–H groups in total. The van der Waals surface area contributed by atoms with Gasteiger partial charge in [-0.3, -0.25) is 4.72 Å². The Morgan fingerprint density at radius 1 is 1.21 bits per heavy atom. The van der Waals surface area contributed by atoms with Gasteiger partial charge in [0.1, 0.15) is 5.52 Å². The number of esters is 1. The molecule has 3 aromatic rings. The Hall–Kier alpha value is -2.87. The largest absolute Gasteiger partial charge is 0.465 e. The molecule has 1 heterocycles. The number of aromatic nitrogens is 1. The van der Waals surface area contributed by atoms with Crippen LogP contribution < -0.4 is 4.72 Å². The highest BCUT2D eigenvalue weighted by Crippen LogP contribution is 2.24. The predicted molar refractivity (Wildman–Crippen MR) is 87.3 cm³/mol. The standard InChI is InChI=1S/C16H14N2O5S/c1-10-17-14-9-11(7-8-15(14)23-10)24(20,21)18-13-6-4-3-5-12(13)16(19)22-2/h3-9,18H,1-2H3. The number of fused-ring (bicyclic) bond motifs is 1. The van der Waals surface area contributed by atoms with Crippen molar-refractivity contribution in [2.45, 2.75) is 11.8 Å². The second-order valence-electron chi connectivity index (χ2n) is 5.01. The van der Waals surface area contributed by atoms with Gasteiger partial charge in [0.2, 0.25) is 0 Å². The average molecular weight is 346 g/mol. The van der Waals surface area contributed by atoms with Crippen molar-refractivity contribution in [2.75, 3.05) is 11.8 Å². The summed E-state index contributed by atoms with van der Waals surface area (Å²) >= 11 is 0. The lowest BCUT2D eigenvalue weighted by Gasteiger charge is -2.11. The summed E-state index contributed by atoms with van der Waals surface area (Å²) in [5, 5.41) is 0. The Balaban J connectivity index is 2.00. The van der Waals surface area contributed by atoms with Crippen molar-refractivity contribution in [3.8, 4) is 0 Å². The van der Waals surface area contributed by atoms with Crippen LogP contribution in [-0.4, -0.2) is 26.5 Å². The Labute approximate surface area is 138 Å². The molecule has 124 valence electrons. The summed E-state index contributed by atoms with van der Waals surface area (Å²) in [5.41, 5.74) is 1.21. The van der Waals surface area contributed by atoms with Gasteiger partial charge in [-0.25, -0.2) is 18.2 Å². The van der Waals surface area contributed by atoms with Gasteiger partial charge in [0.25, 0.3) is 10.0 Å². The number of nitrogens with zero attached hydrogens (tertiary/aromatic N) is 1. The zero-order valence-corrected chi connectivity index (χ0v) is 13.8. The van der Waals surface area contributed by atoms with Crippen molar-refractivity contribution in [1.82, 2.24) is 4.98 Å². The molecular formula is C16H14N2O5S. The van der Waals surface area contributed by atoms with Crippen LogP contribution in [0.2, 0.25) is 0 Å². The molecule has 0 aliphatic rings. The lowest BCUT2D eigenvalue weighted by Crippen LogP contribution is -2.16. The third-order valence-electron chi connectivity index (χ3n) is 3.35. The van der Waals surface area contributed by atoms with Crippen LogP contribution in [0.25, 0.3) is 11.1 Å². The molecule has 0 bridgehead atoms. The van der Waals surface area contributed by atoms with E-state index in [1.54, 1.807) is 19.1 Å². The number of ether oxygens (including phenoxy) is 1.